The average Bonchev–Trinajstić information content (AvgIpc) is 2.82. The molecule has 0 amide bonds. The molecule has 33 heavy (non-hydrogen) atoms. The van der Waals surface area contributed by atoms with Gasteiger partial charge >= 0.3 is 5.97 Å². The molecular formula is C26H29NO6. The fraction of sp³-hybridized carbons (Fsp3) is 0.269. The van der Waals surface area contributed by atoms with Crippen LogP contribution in [0.1, 0.15) is 18.1 Å². The number of ether oxygens (including phenoxy) is 4. The van der Waals surface area contributed by atoms with E-state index in [1.807, 2.05) is 72.8 Å². The molecule has 1 atom stereocenters. The van der Waals surface area contributed by atoms with Gasteiger partial charge in [-0.2, -0.15) is 0 Å². The minimum Gasteiger partial charge on any atom is -0.497 e. The SMILES string of the molecule is COc1ccc(C(CCN(C)CC(=O)O)Oc2ccc(Oc3cccc(OC)c3)cc2)cc1. The van der Waals surface area contributed by atoms with Crippen molar-refractivity contribution in [3.8, 4) is 28.7 Å². The molecule has 3 aromatic rings. The van der Waals surface area contributed by atoms with Gasteiger partial charge in [-0.3, -0.25) is 9.69 Å². The van der Waals surface area contributed by atoms with Gasteiger partial charge in [-0.15, -0.1) is 0 Å². The number of benzene rings is 3. The monoisotopic (exact) mass is 451 g/mol. The number of carboxylic acid groups (broad SMARTS) is 1. The van der Waals surface area contributed by atoms with Crippen LogP contribution >= 0.6 is 0 Å². The first kappa shape index (κ1) is 23.9. The molecule has 0 aromatic heterocycles. The predicted octanol–water partition coefficient (Wildman–Crippen LogP) is 5.02. The van der Waals surface area contributed by atoms with Crippen molar-refractivity contribution in [2.24, 2.45) is 0 Å². The lowest BCUT2D eigenvalue weighted by atomic mass is 10.1. The quantitative estimate of drug-likeness (QED) is 0.414. The van der Waals surface area contributed by atoms with E-state index in [-0.39, 0.29) is 12.6 Å². The number of aliphatic carboxylic acids is 1. The van der Waals surface area contributed by atoms with Gasteiger partial charge in [0.2, 0.25) is 0 Å². The molecule has 0 aliphatic rings. The molecule has 0 saturated heterocycles. The van der Waals surface area contributed by atoms with Crippen molar-refractivity contribution in [3.63, 3.8) is 0 Å². The Hall–Kier alpha value is -3.71. The van der Waals surface area contributed by atoms with Gasteiger partial charge in [-0.05, 0) is 61.1 Å². The van der Waals surface area contributed by atoms with Gasteiger partial charge in [0.05, 0.1) is 20.8 Å². The van der Waals surface area contributed by atoms with E-state index >= 15 is 0 Å². The molecule has 3 rings (SSSR count). The number of methoxy groups -OCH3 is 2. The summed E-state index contributed by atoms with van der Waals surface area (Å²) in [6.45, 7) is 0.547. The molecule has 0 heterocycles. The zero-order valence-electron chi connectivity index (χ0n) is 19.1. The zero-order valence-corrected chi connectivity index (χ0v) is 19.1. The van der Waals surface area contributed by atoms with Gasteiger partial charge in [-0.25, -0.2) is 0 Å². The van der Waals surface area contributed by atoms with Crippen molar-refractivity contribution in [2.45, 2.75) is 12.5 Å². The normalized spacial score (nSPS) is 11.6. The van der Waals surface area contributed by atoms with Crippen LogP contribution in [0.3, 0.4) is 0 Å². The van der Waals surface area contributed by atoms with Crippen LogP contribution in [0.25, 0.3) is 0 Å². The molecule has 0 spiro atoms. The molecule has 3 aromatic carbocycles. The second-order valence-corrected chi connectivity index (χ2v) is 7.55. The van der Waals surface area contributed by atoms with Gasteiger partial charge in [0.1, 0.15) is 34.9 Å². The average molecular weight is 452 g/mol. The maximum Gasteiger partial charge on any atom is 0.317 e. The number of hydrogen-bond donors (Lipinski definition) is 1. The number of hydrogen-bond acceptors (Lipinski definition) is 6. The maximum atomic E-state index is 11.0. The van der Waals surface area contributed by atoms with Crippen LogP contribution in [0.15, 0.2) is 72.8 Å². The van der Waals surface area contributed by atoms with Crippen molar-refractivity contribution in [1.29, 1.82) is 0 Å². The van der Waals surface area contributed by atoms with Crippen LogP contribution in [0, 0.1) is 0 Å². The number of carbonyl (C=O) groups is 1. The molecule has 0 aliphatic carbocycles. The van der Waals surface area contributed by atoms with E-state index in [1.165, 1.54) is 0 Å². The lowest BCUT2D eigenvalue weighted by Crippen LogP contribution is -2.28. The third-order valence-corrected chi connectivity index (χ3v) is 5.04. The fourth-order valence-electron chi connectivity index (χ4n) is 3.31. The Labute approximate surface area is 194 Å². The summed E-state index contributed by atoms with van der Waals surface area (Å²) in [5.41, 5.74) is 0.983. The second-order valence-electron chi connectivity index (χ2n) is 7.55. The highest BCUT2D eigenvalue weighted by Crippen LogP contribution is 2.30. The van der Waals surface area contributed by atoms with Gasteiger partial charge < -0.3 is 24.1 Å². The number of likely N-dealkylation sites (N-methyl/N-ethyl adjacent to an activating group) is 1. The Bertz CT molecular complexity index is 1020. The third-order valence-electron chi connectivity index (χ3n) is 5.04. The minimum atomic E-state index is -0.856. The Morgan fingerprint density at radius 2 is 1.45 bits per heavy atom. The highest BCUT2D eigenvalue weighted by molar-refractivity contribution is 5.69. The molecule has 0 fully saturated rings. The largest absolute Gasteiger partial charge is 0.497 e. The van der Waals surface area contributed by atoms with Crippen LogP contribution in [-0.4, -0.2) is 50.3 Å². The standard InChI is InChI=1S/C26H29NO6/c1-27(18-26(28)29)16-15-25(19-7-9-20(30-2)10-8-19)33-22-13-11-21(12-14-22)32-24-6-4-5-23(17-24)31-3/h4-14,17,25H,15-16,18H2,1-3H3,(H,28,29). The van der Waals surface area contributed by atoms with E-state index < -0.39 is 5.97 Å². The lowest BCUT2D eigenvalue weighted by Gasteiger charge is -2.23. The van der Waals surface area contributed by atoms with Crippen LogP contribution in [0.4, 0.5) is 0 Å². The third kappa shape index (κ3) is 7.43. The topological polar surface area (TPSA) is 77.5 Å². The maximum absolute atomic E-state index is 11.0. The van der Waals surface area contributed by atoms with Gasteiger partial charge in [0.25, 0.3) is 0 Å². The highest BCUT2D eigenvalue weighted by atomic mass is 16.5. The summed E-state index contributed by atoms with van der Waals surface area (Å²) >= 11 is 0. The van der Waals surface area contributed by atoms with Crippen molar-refractivity contribution >= 4 is 5.97 Å². The molecule has 0 bridgehead atoms. The summed E-state index contributed by atoms with van der Waals surface area (Å²) in [5, 5.41) is 9.01. The Morgan fingerprint density at radius 3 is 2.09 bits per heavy atom. The molecule has 0 radical (unpaired) electrons. The Kier molecular flexibility index (Phi) is 8.55. The highest BCUT2D eigenvalue weighted by Gasteiger charge is 2.16. The second kappa shape index (κ2) is 11.8. The van der Waals surface area contributed by atoms with Crippen LogP contribution < -0.4 is 18.9 Å². The molecule has 0 aliphatic heterocycles. The first-order chi connectivity index (χ1) is 16.0. The first-order valence-electron chi connectivity index (χ1n) is 10.6. The van der Waals surface area contributed by atoms with Crippen LogP contribution in [-0.2, 0) is 4.79 Å². The summed E-state index contributed by atoms with van der Waals surface area (Å²) in [4.78, 5) is 12.7. The van der Waals surface area contributed by atoms with Crippen molar-refractivity contribution in [1.82, 2.24) is 4.90 Å². The van der Waals surface area contributed by atoms with E-state index in [0.29, 0.717) is 30.2 Å². The van der Waals surface area contributed by atoms with Gasteiger partial charge in [0.15, 0.2) is 0 Å². The Morgan fingerprint density at radius 1 is 0.848 bits per heavy atom. The lowest BCUT2D eigenvalue weighted by molar-refractivity contribution is -0.138. The molecule has 174 valence electrons. The summed E-state index contributed by atoms with van der Waals surface area (Å²) in [6, 6.07) is 22.5. The fourth-order valence-corrected chi connectivity index (χ4v) is 3.31. The smallest absolute Gasteiger partial charge is 0.317 e. The number of rotatable bonds is 12. The molecule has 7 heteroatoms. The molecule has 7 nitrogen and oxygen atoms in total. The Balaban J connectivity index is 1.70. The molecule has 0 saturated carbocycles. The predicted molar refractivity (Wildman–Crippen MR) is 126 cm³/mol. The zero-order chi connectivity index (χ0) is 23.6. The molecule has 1 N–H and O–H groups in total. The van der Waals surface area contributed by atoms with Crippen molar-refractivity contribution < 1.29 is 28.8 Å². The summed E-state index contributed by atoms with van der Waals surface area (Å²) in [7, 11) is 5.02. The minimum absolute atomic E-state index is 0.0222. The van der Waals surface area contributed by atoms with Crippen LogP contribution in [0.5, 0.6) is 28.7 Å². The summed E-state index contributed by atoms with van der Waals surface area (Å²) in [6.07, 6.45) is 0.371. The van der Waals surface area contributed by atoms with E-state index in [1.54, 1.807) is 26.2 Å². The van der Waals surface area contributed by atoms with Crippen molar-refractivity contribution in [3.05, 3.63) is 78.4 Å². The number of carboxylic acids is 1. The van der Waals surface area contributed by atoms with E-state index in [4.69, 9.17) is 24.1 Å². The van der Waals surface area contributed by atoms with Crippen LogP contribution in [0.2, 0.25) is 0 Å². The van der Waals surface area contributed by atoms with E-state index in [0.717, 1.165) is 17.1 Å². The molecule has 1 unspecified atom stereocenters. The van der Waals surface area contributed by atoms with E-state index in [9.17, 15) is 4.79 Å². The van der Waals surface area contributed by atoms with Crippen molar-refractivity contribution in [2.75, 3.05) is 34.4 Å². The number of nitrogens with zero attached hydrogens (tertiary/aromatic N) is 1. The van der Waals surface area contributed by atoms with Gasteiger partial charge in [-0.1, -0.05) is 18.2 Å². The summed E-state index contributed by atoms with van der Waals surface area (Å²) < 4.78 is 22.7. The first-order valence-corrected chi connectivity index (χ1v) is 10.6. The van der Waals surface area contributed by atoms with E-state index in [2.05, 4.69) is 0 Å². The van der Waals surface area contributed by atoms with Gasteiger partial charge in [0, 0.05) is 19.0 Å². The summed E-state index contributed by atoms with van der Waals surface area (Å²) in [5.74, 6) is 2.68. The molecular weight excluding hydrogens is 422 g/mol.